The molecule has 0 radical (unpaired) electrons. The van der Waals surface area contributed by atoms with Gasteiger partial charge in [0.2, 0.25) is 0 Å². The zero-order chi connectivity index (χ0) is 17.5. The molecule has 0 aromatic heterocycles. The maximum atomic E-state index is 13.3. The summed E-state index contributed by atoms with van der Waals surface area (Å²) in [4.78, 5) is 13.7. The molecule has 3 rings (SSSR count). The van der Waals surface area contributed by atoms with Crippen LogP contribution in [-0.2, 0) is 14.6 Å². The molecule has 2 heterocycles. The summed E-state index contributed by atoms with van der Waals surface area (Å²) >= 11 is 0. The molecule has 0 unspecified atom stereocenters. The number of hydrogen-bond acceptors (Lipinski definition) is 4. The lowest BCUT2D eigenvalue weighted by Crippen LogP contribution is -2.68. The van der Waals surface area contributed by atoms with E-state index >= 15 is 0 Å². The van der Waals surface area contributed by atoms with Crippen molar-refractivity contribution in [3.8, 4) is 0 Å². The number of ether oxygens (including phenoxy) is 1. The monoisotopic (exact) mass is 359 g/mol. The van der Waals surface area contributed by atoms with Gasteiger partial charge >= 0.3 is 0 Å². The first kappa shape index (κ1) is 17.3. The molecule has 1 amide bonds. The van der Waals surface area contributed by atoms with Crippen LogP contribution in [0.1, 0.15) is 23.7 Å². The highest BCUT2D eigenvalue weighted by atomic mass is 32.2. The first-order valence-corrected chi connectivity index (χ1v) is 9.50. The third kappa shape index (κ3) is 2.61. The van der Waals surface area contributed by atoms with Crippen LogP contribution in [0.25, 0.3) is 0 Å². The second kappa shape index (κ2) is 6.07. The Morgan fingerprint density at radius 3 is 2.67 bits per heavy atom. The van der Waals surface area contributed by atoms with Crippen LogP contribution in [0.5, 0.6) is 0 Å². The summed E-state index contributed by atoms with van der Waals surface area (Å²) in [6.07, 6.45) is 0.523. The molecule has 1 aromatic carbocycles. The van der Waals surface area contributed by atoms with E-state index in [9.17, 15) is 22.0 Å². The molecule has 8 heteroatoms. The van der Waals surface area contributed by atoms with Gasteiger partial charge in [-0.2, -0.15) is 0 Å². The van der Waals surface area contributed by atoms with Crippen LogP contribution >= 0.6 is 0 Å². The van der Waals surface area contributed by atoms with Gasteiger partial charge in [-0.25, -0.2) is 17.2 Å². The van der Waals surface area contributed by atoms with Crippen LogP contribution in [-0.4, -0.2) is 56.0 Å². The standard InChI is InChI=1S/C16H19F2NO4S/c1-2-23-8-12-5-6-24(21,22)16(12)9-19(10-16)15(20)11-3-4-13(17)14(18)7-11/h3-4,7,12H,2,5-6,8-10H2,1H3/t12-/m1/s1. The third-order valence-corrected chi connectivity index (χ3v) is 7.60. The molecule has 5 nitrogen and oxygen atoms in total. The van der Waals surface area contributed by atoms with Gasteiger partial charge in [-0.05, 0) is 31.5 Å². The fraction of sp³-hybridized carbons (Fsp3) is 0.562. The third-order valence-electron chi connectivity index (χ3n) is 4.99. The Morgan fingerprint density at radius 2 is 2.04 bits per heavy atom. The van der Waals surface area contributed by atoms with E-state index in [1.165, 1.54) is 11.0 Å². The maximum absolute atomic E-state index is 13.3. The Bertz CT molecular complexity index is 759. The van der Waals surface area contributed by atoms with Crippen LogP contribution in [0.4, 0.5) is 8.78 Å². The SMILES string of the molecule is CCOC[C@H]1CCS(=O)(=O)C12CN(C(=O)c1ccc(F)c(F)c1)C2. The van der Waals surface area contributed by atoms with Crippen molar-refractivity contribution in [1.82, 2.24) is 4.90 Å². The number of nitrogens with zero attached hydrogens (tertiary/aromatic N) is 1. The average Bonchev–Trinajstić information content (AvgIpc) is 2.76. The van der Waals surface area contributed by atoms with Crippen molar-refractivity contribution in [2.24, 2.45) is 5.92 Å². The Kier molecular flexibility index (Phi) is 4.37. The van der Waals surface area contributed by atoms with E-state index in [2.05, 4.69) is 0 Å². The Hall–Kier alpha value is -1.54. The number of benzene rings is 1. The molecule has 1 atom stereocenters. The summed E-state index contributed by atoms with van der Waals surface area (Å²) in [7, 11) is -3.30. The van der Waals surface area contributed by atoms with Gasteiger partial charge in [0.05, 0.1) is 12.4 Å². The number of sulfone groups is 1. The predicted octanol–water partition coefficient (Wildman–Crippen LogP) is 1.63. The molecule has 0 saturated carbocycles. The fourth-order valence-corrected chi connectivity index (χ4v) is 5.92. The highest BCUT2D eigenvalue weighted by Gasteiger charge is 2.62. The second-order valence-corrected chi connectivity index (χ2v) is 8.77. The molecule has 2 aliphatic heterocycles. The Morgan fingerprint density at radius 1 is 1.33 bits per heavy atom. The molecule has 132 valence electrons. The molecular formula is C16H19F2NO4S. The minimum atomic E-state index is -3.30. The lowest BCUT2D eigenvalue weighted by molar-refractivity contribution is 0.0270. The van der Waals surface area contributed by atoms with Crippen molar-refractivity contribution in [3.63, 3.8) is 0 Å². The minimum Gasteiger partial charge on any atom is -0.381 e. The van der Waals surface area contributed by atoms with Crippen LogP contribution in [0, 0.1) is 17.6 Å². The van der Waals surface area contributed by atoms with E-state index in [-0.39, 0.29) is 30.3 Å². The molecule has 2 fully saturated rings. The number of hydrogen-bond donors (Lipinski definition) is 0. The Balaban J connectivity index is 1.76. The van der Waals surface area contributed by atoms with E-state index in [0.29, 0.717) is 19.6 Å². The van der Waals surface area contributed by atoms with Gasteiger partial charge in [-0.15, -0.1) is 0 Å². The minimum absolute atomic E-state index is 0.0144. The first-order chi connectivity index (χ1) is 11.3. The van der Waals surface area contributed by atoms with E-state index in [1.807, 2.05) is 6.92 Å². The van der Waals surface area contributed by atoms with Crippen molar-refractivity contribution < 1.29 is 26.7 Å². The molecule has 2 saturated heterocycles. The van der Waals surface area contributed by atoms with Crippen LogP contribution < -0.4 is 0 Å². The summed E-state index contributed by atoms with van der Waals surface area (Å²) in [6, 6.07) is 2.93. The van der Waals surface area contributed by atoms with Gasteiger partial charge in [0, 0.05) is 31.2 Å². The highest BCUT2D eigenvalue weighted by Crippen LogP contribution is 2.45. The van der Waals surface area contributed by atoms with Gasteiger partial charge in [0.1, 0.15) is 4.75 Å². The van der Waals surface area contributed by atoms with Crippen LogP contribution in [0.3, 0.4) is 0 Å². The van der Waals surface area contributed by atoms with Crippen molar-refractivity contribution in [3.05, 3.63) is 35.4 Å². The number of halogens is 2. The maximum Gasteiger partial charge on any atom is 0.254 e. The quantitative estimate of drug-likeness (QED) is 0.820. The molecule has 1 aromatic rings. The Labute approximate surface area is 139 Å². The fourth-order valence-electron chi connectivity index (χ4n) is 3.52. The summed E-state index contributed by atoms with van der Waals surface area (Å²) in [5.74, 6) is -2.66. The lowest BCUT2D eigenvalue weighted by atomic mass is 9.83. The molecule has 0 bridgehead atoms. The number of likely N-dealkylation sites (tertiary alicyclic amines) is 1. The predicted molar refractivity (Wildman–Crippen MR) is 83.4 cm³/mol. The van der Waals surface area contributed by atoms with Gasteiger partial charge in [-0.3, -0.25) is 4.79 Å². The van der Waals surface area contributed by atoms with Crippen molar-refractivity contribution in [1.29, 1.82) is 0 Å². The van der Waals surface area contributed by atoms with Gasteiger partial charge in [-0.1, -0.05) is 0 Å². The number of carbonyl (C=O) groups is 1. The molecule has 24 heavy (non-hydrogen) atoms. The summed E-state index contributed by atoms with van der Waals surface area (Å²) in [6.45, 7) is 2.85. The van der Waals surface area contributed by atoms with Crippen molar-refractivity contribution in [2.45, 2.75) is 18.1 Å². The largest absolute Gasteiger partial charge is 0.381 e. The summed E-state index contributed by atoms with van der Waals surface area (Å²) in [5.41, 5.74) is 0.0144. The average molecular weight is 359 g/mol. The number of amides is 1. The number of carbonyl (C=O) groups excluding carboxylic acids is 1. The van der Waals surface area contributed by atoms with Crippen LogP contribution in [0.2, 0.25) is 0 Å². The first-order valence-electron chi connectivity index (χ1n) is 7.85. The highest BCUT2D eigenvalue weighted by molar-refractivity contribution is 7.93. The van der Waals surface area contributed by atoms with Crippen molar-refractivity contribution in [2.75, 3.05) is 32.1 Å². The smallest absolute Gasteiger partial charge is 0.254 e. The van der Waals surface area contributed by atoms with E-state index < -0.39 is 32.1 Å². The molecule has 0 N–H and O–H groups in total. The van der Waals surface area contributed by atoms with E-state index in [1.54, 1.807) is 0 Å². The molecule has 0 aliphatic carbocycles. The summed E-state index contributed by atoms with van der Waals surface area (Å²) in [5, 5.41) is 0. The number of rotatable bonds is 4. The second-order valence-electron chi connectivity index (χ2n) is 6.32. The zero-order valence-corrected chi connectivity index (χ0v) is 14.1. The van der Waals surface area contributed by atoms with E-state index in [4.69, 9.17) is 4.74 Å². The molecule has 2 aliphatic rings. The van der Waals surface area contributed by atoms with Crippen molar-refractivity contribution >= 4 is 15.7 Å². The van der Waals surface area contributed by atoms with E-state index in [0.717, 1.165) is 12.1 Å². The molecule has 1 spiro atoms. The molecular weight excluding hydrogens is 340 g/mol. The lowest BCUT2D eigenvalue weighted by Gasteiger charge is -2.49. The van der Waals surface area contributed by atoms with Gasteiger partial charge in [0.15, 0.2) is 21.5 Å². The van der Waals surface area contributed by atoms with Gasteiger partial charge < -0.3 is 9.64 Å². The zero-order valence-electron chi connectivity index (χ0n) is 13.3. The van der Waals surface area contributed by atoms with Crippen LogP contribution in [0.15, 0.2) is 18.2 Å². The normalized spacial score (nSPS) is 24.1. The summed E-state index contributed by atoms with van der Waals surface area (Å²) < 4.78 is 55.6. The topological polar surface area (TPSA) is 63.7 Å². The van der Waals surface area contributed by atoms with Gasteiger partial charge in [0.25, 0.3) is 5.91 Å².